The van der Waals surface area contributed by atoms with Gasteiger partial charge in [-0.3, -0.25) is 9.59 Å². The van der Waals surface area contributed by atoms with Gasteiger partial charge < -0.3 is 9.88 Å². The van der Waals surface area contributed by atoms with Gasteiger partial charge >= 0.3 is 0 Å². The van der Waals surface area contributed by atoms with E-state index in [0.717, 1.165) is 23.0 Å². The number of para-hydroxylation sites is 1. The molecular formula is C29H29ClN4O2. The molecule has 0 spiro atoms. The number of carbonyl (C=O) groups excluding carboxylic acids is 2. The molecule has 4 rings (SSSR count). The van der Waals surface area contributed by atoms with Gasteiger partial charge in [0.2, 0.25) is 0 Å². The fraction of sp³-hybridized carbons (Fsp3) is 0.207. The van der Waals surface area contributed by atoms with Gasteiger partial charge in [0.1, 0.15) is 6.04 Å². The fourth-order valence-electron chi connectivity index (χ4n) is 4.02. The first-order valence-electron chi connectivity index (χ1n) is 11.8. The molecule has 0 saturated heterocycles. The predicted molar refractivity (Wildman–Crippen MR) is 145 cm³/mol. The molecule has 4 aromatic rings. The summed E-state index contributed by atoms with van der Waals surface area (Å²) in [5.41, 5.74) is 7.39. The Bertz CT molecular complexity index is 1410. The fourth-order valence-corrected chi connectivity index (χ4v) is 4.21. The molecule has 3 aromatic carbocycles. The molecule has 36 heavy (non-hydrogen) atoms. The first-order chi connectivity index (χ1) is 17.3. The minimum absolute atomic E-state index is 0.139. The first-order valence-corrected chi connectivity index (χ1v) is 12.2. The van der Waals surface area contributed by atoms with Crippen molar-refractivity contribution in [3.63, 3.8) is 0 Å². The maximum Gasteiger partial charge on any atom is 0.262 e. The molecule has 1 aromatic heterocycles. The molecule has 184 valence electrons. The molecule has 6 nitrogen and oxygen atoms in total. The van der Waals surface area contributed by atoms with Gasteiger partial charge in [-0.25, -0.2) is 5.43 Å². The van der Waals surface area contributed by atoms with Crippen LogP contribution in [0, 0.1) is 12.8 Å². The van der Waals surface area contributed by atoms with Gasteiger partial charge in [0, 0.05) is 39.8 Å². The maximum absolute atomic E-state index is 12.9. The van der Waals surface area contributed by atoms with Crippen LogP contribution in [-0.2, 0) is 11.3 Å². The zero-order valence-corrected chi connectivity index (χ0v) is 21.3. The molecule has 0 bridgehead atoms. The number of aryl methyl sites for hydroxylation is 1. The molecule has 1 heterocycles. The van der Waals surface area contributed by atoms with Crippen molar-refractivity contribution in [2.75, 3.05) is 0 Å². The Kier molecular flexibility index (Phi) is 7.86. The summed E-state index contributed by atoms with van der Waals surface area (Å²) in [4.78, 5) is 25.5. The van der Waals surface area contributed by atoms with Crippen LogP contribution >= 0.6 is 11.6 Å². The van der Waals surface area contributed by atoms with Gasteiger partial charge in [-0.1, -0.05) is 79.5 Å². The van der Waals surface area contributed by atoms with Crippen molar-refractivity contribution in [3.05, 3.63) is 106 Å². The van der Waals surface area contributed by atoms with Crippen molar-refractivity contribution in [1.82, 2.24) is 15.3 Å². The number of rotatable bonds is 8. The Morgan fingerprint density at radius 3 is 2.50 bits per heavy atom. The van der Waals surface area contributed by atoms with E-state index >= 15 is 0 Å². The summed E-state index contributed by atoms with van der Waals surface area (Å²) in [6, 6.07) is 22.4. The molecule has 1 unspecified atom stereocenters. The highest BCUT2D eigenvalue weighted by Crippen LogP contribution is 2.21. The van der Waals surface area contributed by atoms with Gasteiger partial charge in [-0.15, -0.1) is 0 Å². The zero-order chi connectivity index (χ0) is 25.7. The third-order valence-corrected chi connectivity index (χ3v) is 6.23. The van der Waals surface area contributed by atoms with Crippen LogP contribution in [0.5, 0.6) is 0 Å². The van der Waals surface area contributed by atoms with E-state index in [-0.39, 0.29) is 17.7 Å². The van der Waals surface area contributed by atoms with E-state index in [1.807, 2.05) is 38.2 Å². The molecule has 2 amide bonds. The number of benzene rings is 3. The second kappa shape index (κ2) is 11.2. The number of hydrogen-bond acceptors (Lipinski definition) is 3. The topological polar surface area (TPSA) is 75.5 Å². The predicted octanol–water partition coefficient (Wildman–Crippen LogP) is 5.56. The highest BCUT2D eigenvalue weighted by Gasteiger charge is 2.24. The summed E-state index contributed by atoms with van der Waals surface area (Å²) in [5, 5.41) is 8.49. The molecule has 0 saturated carbocycles. The zero-order valence-electron chi connectivity index (χ0n) is 20.5. The maximum atomic E-state index is 12.9. The van der Waals surface area contributed by atoms with Gasteiger partial charge in [0.05, 0.1) is 6.21 Å². The smallest absolute Gasteiger partial charge is 0.262 e. The number of amides is 2. The molecule has 0 aliphatic heterocycles. The number of nitrogens with zero attached hydrogens (tertiary/aromatic N) is 2. The van der Waals surface area contributed by atoms with E-state index in [9.17, 15) is 9.59 Å². The molecule has 2 N–H and O–H groups in total. The van der Waals surface area contributed by atoms with Gasteiger partial charge in [-0.2, -0.15) is 5.10 Å². The van der Waals surface area contributed by atoms with Crippen molar-refractivity contribution in [3.8, 4) is 0 Å². The number of halogens is 1. The average molecular weight is 501 g/mol. The number of carbonyl (C=O) groups is 2. The standard InChI is InChI=1S/C29H29ClN4O2/c1-19(2)27(32-28(35)22-7-6-8-24(30)15-22)29(36)33-31-16-23-18-34(26-10-5-4-9-25(23)26)17-21-13-11-20(3)12-14-21/h4-16,18-19,27H,17H2,1-3H3,(H,32,35)(H,33,36)/b31-16-. The quantitative estimate of drug-likeness (QED) is 0.245. The normalized spacial score (nSPS) is 12.2. The van der Waals surface area contributed by atoms with Crippen LogP contribution in [0.25, 0.3) is 10.9 Å². The highest BCUT2D eigenvalue weighted by molar-refractivity contribution is 6.31. The average Bonchev–Trinajstić information content (AvgIpc) is 3.20. The number of fused-ring (bicyclic) bond motifs is 1. The summed E-state index contributed by atoms with van der Waals surface area (Å²) in [7, 11) is 0. The van der Waals surface area contributed by atoms with Crippen molar-refractivity contribution < 1.29 is 9.59 Å². The number of aromatic nitrogens is 1. The van der Waals surface area contributed by atoms with Crippen LogP contribution in [0.4, 0.5) is 0 Å². The molecule has 0 aliphatic carbocycles. The van der Waals surface area contributed by atoms with Crippen molar-refractivity contribution in [1.29, 1.82) is 0 Å². The highest BCUT2D eigenvalue weighted by atomic mass is 35.5. The van der Waals surface area contributed by atoms with Crippen LogP contribution in [0.15, 0.2) is 84.1 Å². The number of hydrogen-bond donors (Lipinski definition) is 2. The molecule has 1 atom stereocenters. The van der Waals surface area contributed by atoms with E-state index in [1.165, 1.54) is 11.1 Å². The van der Waals surface area contributed by atoms with Crippen LogP contribution in [0.3, 0.4) is 0 Å². The van der Waals surface area contributed by atoms with E-state index < -0.39 is 6.04 Å². The van der Waals surface area contributed by atoms with Crippen molar-refractivity contribution in [2.45, 2.75) is 33.4 Å². The molecule has 7 heteroatoms. The minimum Gasteiger partial charge on any atom is -0.342 e. The van der Waals surface area contributed by atoms with Crippen LogP contribution in [-0.4, -0.2) is 28.6 Å². The Hall–Kier alpha value is -3.90. The Morgan fingerprint density at radius 2 is 1.78 bits per heavy atom. The SMILES string of the molecule is Cc1ccc(Cn2cc(/C=N\NC(=O)C(NC(=O)c3cccc(Cl)c3)C(C)C)c3ccccc32)cc1. The number of nitrogens with one attached hydrogen (secondary N) is 2. The van der Waals surface area contributed by atoms with E-state index in [0.29, 0.717) is 10.6 Å². The van der Waals surface area contributed by atoms with E-state index in [2.05, 4.69) is 57.7 Å². The number of hydrazone groups is 1. The van der Waals surface area contributed by atoms with Gasteiger partial charge in [0.25, 0.3) is 11.8 Å². The Balaban J connectivity index is 1.48. The third kappa shape index (κ3) is 6.01. The van der Waals surface area contributed by atoms with Crippen molar-refractivity contribution >= 4 is 40.5 Å². The lowest BCUT2D eigenvalue weighted by atomic mass is 10.0. The Labute approximate surface area is 216 Å². The van der Waals surface area contributed by atoms with E-state index in [1.54, 1.807) is 30.5 Å². The largest absolute Gasteiger partial charge is 0.342 e. The molecule has 0 fully saturated rings. The summed E-state index contributed by atoms with van der Waals surface area (Å²) < 4.78 is 2.17. The van der Waals surface area contributed by atoms with Crippen LogP contribution < -0.4 is 10.7 Å². The molecule has 0 radical (unpaired) electrons. The van der Waals surface area contributed by atoms with Gasteiger partial charge in [0.15, 0.2) is 0 Å². The summed E-state index contributed by atoms with van der Waals surface area (Å²) in [6.45, 7) is 6.53. The lowest BCUT2D eigenvalue weighted by Gasteiger charge is -2.20. The monoisotopic (exact) mass is 500 g/mol. The lowest BCUT2D eigenvalue weighted by molar-refractivity contribution is -0.123. The summed E-state index contributed by atoms with van der Waals surface area (Å²) in [5.74, 6) is -0.894. The molecular weight excluding hydrogens is 472 g/mol. The van der Waals surface area contributed by atoms with E-state index in [4.69, 9.17) is 11.6 Å². The summed E-state index contributed by atoms with van der Waals surface area (Å²) in [6.07, 6.45) is 3.67. The van der Waals surface area contributed by atoms with Crippen LogP contribution in [0.1, 0.15) is 40.9 Å². The van der Waals surface area contributed by atoms with Crippen LogP contribution in [0.2, 0.25) is 5.02 Å². The third-order valence-electron chi connectivity index (χ3n) is 5.99. The summed E-state index contributed by atoms with van der Waals surface area (Å²) >= 11 is 5.99. The second-order valence-corrected chi connectivity index (χ2v) is 9.59. The minimum atomic E-state index is -0.753. The first kappa shape index (κ1) is 25.2. The van der Waals surface area contributed by atoms with Crippen molar-refractivity contribution in [2.24, 2.45) is 11.0 Å². The lowest BCUT2D eigenvalue weighted by Crippen LogP contribution is -2.48. The Morgan fingerprint density at radius 1 is 1.03 bits per heavy atom. The van der Waals surface area contributed by atoms with Gasteiger partial charge in [-0.05, 0) is 42.7 Å². The second-order valence-electron chi connectivity index (χ2n) is 9.15. The molecule has 0 aliphatic rings.